The van der Waals surface area contributed by atoms with Crippen molar-refractivity contribution < 1.29 is 4.79 Å². The Morgan fingerprint density at radius 2 is 2.16 bits per heavy atom. The third kappa shape index (κ3) is 2.20. The van der Waals surface area contributed by atoms with E-state index in [0.29, 0.717) is 5.56 Å². The number of carbonyl (C=O) groups excluding carboxylic acids is 1. The van der Waals surface area contributed by atoms with Crippen LogP contribution in [0, 0.1) is 6.92 Å². The van der Waals surface area contributed by atoms with Gasteiger partial charge in [0.05, 0.1) is 11.9 Å². The van der Waals surface area contributed by atoms with Gasteiger partial charge < -0.3 is 10.3 Å². The van der Waals surface area contributed by atoms with E-state index in [1.54, 1.807) is 18.5 Å². The number of amides is 1. The molecule has 0 bridgehead atoms. The highest BCUT2D eigenvalue weighted by Crippen LogP contribution is 2.17. The van der Waals surface area contributed by atoms with Gasteiger partial charge in [-0.05, 0) is 42.8 Å². The summed E-state index contributed by atoms with van der Waals surface area (Å²) in [6.45, 7) is 1.94. The van der Waals surface area contributed by atoms with E-state index in [1.165, 1.54) is 0 Å². The number of carbonyl (C=O) groups is 1. The first kappa shape index (κ1) is 11.5. The number of nitrogens with one attached hydrogen (secondary N) is 2. The van der Waals surface area contributed by atoms with Crippen LogP contribution < -0.4 is 5.32 Å². The van der Waals surface area contributed by atoms with Crippen molar-refractivity contribution in [2.45, 2.75) is 6.92 Å². The number of anilines is 1. The first-order chi connectivity index (χ1) is 9.24. The van der Waals surface area contributed by atoms with E-state index in [4.69, 9.17) is 0 Å². The second kappa shape index (κ2) is 4.57. The van der Waals surface area contributed by atoms with Crippen LogP contribution in [0.3, 0.4) is 0 Å². The summed E-state index contributed by atoms with van der Waals surface area (Å²) in [4.78, 5) is 19.3. The molecule has 0 aliphatic carbocycles. The Morgan fingerprint density at radius 1 is 1.26 bits per heavy atom. The number of benzene rings is 1. The van der Waals surface area contributed by atoms with Gasteiger partial charge in [-0.15, -0.1) is 0 Å². The first-order valence-corrected chi connectivity index (χ1v) is 6.03. The molecular formula is C15H13N3O. The normalized spacial score (nSPS) is 10.6. The number of aromatic amines is 1. The largest absolute Gasteiger partial charge is 0.361 e. The third-order valence-electron chi connectivity index (χ3n) is 3.10. The summed E-state index contributed by atoms with van der Waals surface area (Å²) in [6, 6.07) is 9.39. The molecule has 94 valence electrons. The smallest absolute Gasteiger partial charge is 0.255 e. The molecule has 1 amide bonds. The summed E-state index contributed by atoms with van der Waals surface area (Å²) < 4.78 is 0. The predicted octanol–water partition coefficient (Wildman–Crippen LogP) is 3.12. The molecule has 4 nitrogen and oxygen atoms in total. The van der Waals surface area contributed by atoms with Crippen molar-refractivity contribution in [2.75, 3.05) is 5.32 Å². The lowest BCUT2D eigenvalue weighted by Gasteiger charge is -2.07. The molecule has 3 aromatic rings. The fourth-order valence-electron chi connectivity index (χ4n) is 1.98. The summed E-state index contributed by atoms with van der Waals surface area (Å²) in [5.41, 5.74) is 3.39. The maximum Gasteiger partial charge on any atom is 0.255 e. The lowest BCUT2D eigenvalue weighted by atomic mass is 10.1. The van der Waals surface area contributed by atoms with Crippen molar-refractivity contribution in [1.29, 1.82) is 0 Å². The highest BCUT2D eigenvalue weighted by Gasteiger charge is 2.08. The van der Waals surface area contributed by atoms with Gasteiger partial charge in [0.15, 0.2) is 0 Å². The van der Waals surface area contributed by atoms with Crippen LogP contribution in [0.2, 0.25) is 0 Å². The van der Waals surface area contributed by atoms with Crippen LogP contribution in [0.4, 0.5) is 5.69 Å². The van der Waals surface area contributed by atoms with Crippen molar-refractivity contribution >= 4 is 22.5 Å². The minimum absolute atomic E-state index is 0.126. The number of rotatable bonds is 2. The van der Waals surface area contributed by atoms with Gasteiger partial charge in [0.2, 0.25) is 0 Å². The third-order valence-corrected chi connectivity index (χ3v) is 3.10. The highest BCUT2D eigenvalue weighted by molar-refractivity contribution is 6.06. The number of hydrogen-bond acceptors (Lipinski definition) is 2. The van der Waals surface area contributed by atoms with Crippen LogP contribution >= 0.6 is 0 Å². The van der Waals surface area contributed by atoms with Gasteiger partial charge in [0.1, 0.15) is 0 Å². The number of fused-ring (bicyclic) bond motifs is 1. The van der Waals surface area contributed by atoms with E-state index in [2.05, 4.69) is 15.3 Å². The molecule has 4 heteroatoms. The maximum atomic E-state index is 12.2. The lowest BCUT2D eigenvalue weighted by Crippen LogP contribution is -2.12. The summed E-state index contributed by atoms with van der Waals surface area (Å²) >= 11 is 0. The molecule has 0 aliphatic heterocycles. The van der Waals surface area contributed by atoms with E-state index < -0.39 is 0 Å². The molecule has 0 radical (unpaired) electrons. The average molecular weight is 251 g/mol. The van der Waals surface area contributed by atoms with E-state index in [1.807, 2.05) is 37.4 Å². The Morgan fingerprint density at radius 3 is 3.00 bits per heavy atom. The molecule has 0 atom stereocenters. The van der Waals surface area contributed by atoms with Crippen LogP contribution in [0.1, 0.15) is 15.9 Å². The topological polar surface area (TPSA) is 57.8 Å². The Labute approximate surface area is 110 Å². The first-order valence-electron chi connectivity index (χ1n) is 6.03. The molecule has 0 fully saturated rings. The molecule has 0 unspecified atom stereocenters. The fraction of sp³-hybridized carbons (Fsp3) is 0.0667. The summed E-state index contributed by atoms with van der Waals surface area (Å²) in [5.74, 6) is -0.126. The Kier molecular flexibility index (Phi) is 2.76. The number of aromatic nitrogens is 2. The zero-order chi connectivity index (χ0) is 13.2. The molecular weight excluding hydrogens is 238 g/mol. The van der Waals surface area contributed by atoms with Crippen molar-refractivity contribution in [3.8, 4) is 0 Å². The van der Waals surface area contributed by atoms with Crippen molar-refractivity contribution in [3.63, 3.8) is 0 Å². The monoisotopic (exact) mass is 251 g/mol. The Bertz CT molecular complexity index is 746. The molecule has 2 heterocycles. The standard InChI is InChI=1S/C15H13N3O/c1-10-4-6-16-9-14(10)18-15(19)12-2-3-13-11(8-12)5-7-17-13/h2-9,17H,1H3,(H,18,19). The highest BCUT2D eigenvalue weighted by atomic mass is 16.1. The lowest BCUT2D eigenvalue weighted by molar-refractivity contribution is 0.102. The Balaban J connectivity index is 1.89. The quantitative estimate of drug-likeness (QED) is 0.735. The number of H-pyrrole nitrogens is 1. The number of aryl methyl sites for hydroxylation is 1. The van der Waals surface area contributed by atoms with Gasteiger partial charge in [-0.2, -0.15) is 0 Å². The number of hydrogen-bond donors (Lipinski definition) is 2. The summed E-state index contributed by atoms with van der Waals surface area (Å²) in [5, 5.41) is 3.90. The predicted molar refractivity (Wildman–Crippen MR) is 75.2 cm³/mol. The van der Waals surface area contributed by atoms with Gasteiger partial charge in [0, 0.05) is 28.9 Å². The molecule has 1 aromatic carbocycles. The number of nitrogens with zero attached hydrogens (tertiary/aromatic N) is 1. The van der Waals surface area contributed by atoms with Gasteiger partial charge in [-0.1, -0.05) is 0 Å². The van der Waals surface area contributed by atoms with E-state index in [-0.39, 0.29) is 5.91 Å². The average Bonchev–Trinajstić information content (AvgIpc) is 2.88. The molecule has 0 saturated heterocycles. The van der Waals surface area contributed by atoms with Gasteiger partial charge in [-0.25, -0.2) is 0 Å². The minimum atomic E-state index is -0.126. The SMILES string of the molecule is Cc1ccncc1NC(=O)c1ccc2[nH]ccc2c1. The number of pyridine rings is 1. The summed E-state index contributed by atoms with van der Waals surface area (Å²) in [7, 11) is 0. The zero-order valence-corrected chi connectivity index (χ0v) is 10.5. The van der Waals surface area contributed by atoms with Gasteiger partial charge in [0.25, 0.3) is 5.91 Å². The summed E-state index contributed by atoms with van der Waals surface area (Å²) in [6.07, 6.45) is 5.22. The molecule has 0 saturated carbocycles. The molecule has 0 aliphatic rings. The molecule has 19 heavy (non-hydrogen) atoms. The Hall–Kier alpha value is -2.62. The molecule has 2 N–H and O–H groups in total. The van der Waals surface area contributed by atoms with Gasteiger partial charge >= 0.3 is 0 Å². The second-order valence-electron chi connectivity index (χ2n) is 4.42. The van der Waals surface area contributed by atoms with Gasteiger partial charge in [-0.3, -0.25) is 9.78 Å². The molecule has 2 aromatic heterocycles. The molecule has 0 spiro atoms. The maximum absolute atomic E-state index is 12.2. The zero-order valence-electron chi connectivity index (χ0n) is 10.5. The van der Waals surface area contributed by atoms with Crippen LogP contribution in [0.15, 0.2) is 48.9 Å². The molecule has 3 rings (SSSR count). The minimum Gasteiger partial charge on any atom is -0.361 e. The van der Waals surface area contributed by atoms with Crippen LogP contribution in [0.25, 0.3) is 10.9 Å². The van der Waals surface area contributed by atoms with Crippen molar-refractivity contribution in [1.82, 2.24) is 9.97 Å². The van der Waals surface area contributed by atoms with E-state index in [9.17, 15) is 4.79 Å². The van der Waals surface area contributed by atoms with Crippen LogP contribution in [-0.2, 0) is 0 Å². The van der Waals surface area contributed by atoms with Crippen molar-refractivity contribution in [3.05, 3.63) is 60.0 Å². The van der Waals surface area contributed by atoms with Crippen molar-refractivity contribution in [2.24, 2.45) is 0 Å². The van der Waals surface area contributed by atoms with Crippen LogP contribution in [-0.4, -0.2) is 15.9 Å². The fourth-order valence-corrected chi connectivity index (χ4v) is 1.98. The second-order valence-corrected chi connectivity index (χ2v) is 4.42. The van der Waals surface area contributed by atoms with E-state index >= 15 is 0 Å². The van der Waals surface area contributed by atoms with Crippen LogP contribution in [0.5, 0.6) is 0 Å². The van der Waals surface area contributed by atoms with E-state index in [0.717, 1.165) is 22.2 Å².